The van der Waals surface area contributed by atoms with Gasteiger partial charge in [-0.3, -0.25) is 0 Å². The molecule has 0 amide bonds. The highest BCUT2D eigenvalue weighted by atomic mass is 31.2. The summed E-state index contributed by atoms with van der Waals surface area (Å²) in [4.78, 5) is 0. The van der Waals surface area contributed by atoms with Crippen LogP contribution in [0.3, 0.4) is 0 Å². The van der Waals surface area contributed by atoms with Crippen LogP contribution in [0, 0.1) is 0 Å². The van der Waals surface area contributed by atoms with Crippen molar-refractivity contribution in [2.24, 2.45) is 0 Å². The SMILES string of the molecule is CP1(=O)Cc2ccccc2[C@@H]1[C@H]1c2ccccc2C[P@@]1(C)=O. The van der Waals surface area contributed by atoms with Crippen molar-refractivity contribution in [2.75, 3.05) is 13.3 Å². The summed E-state index contributed by atoms with van der Waals surface area (Å²) in [5.74, 6) is 0. The van der Waals surface area contributed by atoms with Crippen LogP contribution >= 0.6 is 14.3 Å². The van der Waals surface area contributed by atoms with Gasteiger partial charge in [-0.1, -0.05) is 48.5 Å². The largest absolute Gasteiger partial charge is 0.323 e. The van der Waals surface area contributed by atoms with Crippen molar-refractivity contribution >= 4 is 14.3 Å². The zero-order valence-corrected chi connectivity index (χ0v) is 14.7. The lowest BCUT2D eigenvalue weighted by atomic mass is 9.98. The molecule has 2 aromatic rings. The van der Waals surface area contributed by atoms with Crippen LogP contribution in [0.2, 0.25) is 0 Å². The fraction of sp³-hybridized carbons (Fsp3) is 0.333. The monoisotopic (exact) mass is 330 g/mol. The quantitative estimate of drug-likeness (QED) is 0.649. The van der Waals surface area contributed by atoms with Gasteiger partial charge in [0.05, 0.1) is 25.6 Å². The van der Waals surface area contributed by atoms with Gasteiger partial charge in [0.25, 0.3) is 0 Å². The Morgan fingerprint density at radius 1 is 0.727 bits per heavy atom. The Kier molecular flexibility index (Phi) is 3.09. The molecule has 2 aliphatic heterocycles. The number of rotatable bonds is 1. The van der Waals surface area contributed by atoms with E-state index in [4.69, 9.17) is 0 Å². The summed E-state index contributed by atoms with van der Waals surface area (Å²) in [6.07, 6.45) is 1.29. The van der Waals surface area contributed by atoms with Crippen LogP contribution < -0.4 is 0 Å². The Morgan fingerprint density at radius 2 is 1.09 bits per heavy atom. The van der Waals surface area contributed by atoms with Crippen LogP contribution in [0.1, 0.15) is 33.6 Å². The van der Waals surface area contributed by atoms with Gasteiger partial charge in [0, 0.05) is 12.3 Å². The second kappa shape index (κ2) is 4.70. The van der Waals surface area contributed by atoms with Gasteiger partial charge in [0.2, 0.25) is 0 Å². The van der Waals surface area contributed by atoms with Gasteiger partial charge in [-0.2, -0.15) is 0 Å². The Bertz CT molecular complexity index is 784. The molecule has 0 saturated carbocycles. The van der Waals surface area contributed by atoms with E-state index in [9.17, 15) is 9.13 Å². The van der Waals surface area contributed by atoms with E-state index in [0.29, 0.717) is 12.3 Å². The fourth-order valence-electron chi connectivity index (χ4n) is 4.33. The third kappa shape index (κ3) is 2.01. The first kappa shape index (κ1) is 14.5. The molecule has 4 rings (SSSR count). The molecule has 22 heavy (non-hydrogen) atoms. The van der Waals surface area contributed by atoms with Crippen LogP contribution in [-0.4, -0.2) is 13.3 Å². The maximum Gasteiger partial charge on any atom is 0.0971 e. The number of benzene rings is 2. The summed E-state index contributed by atoms with van der Waals surface area (Å²) in [5.41, 5.74) is 4.53. The minimum Gasteiger partial charge on any atom is -0.323 e. The van der Waals surface area contributed by atoms with Crippen molar-refractivity contribution in [2.45, 2.75) is 23.6 Å². The smallest absolute Gasteiger partial charge is 0.0971 e. The van der Waals surface area contributed by atoms with E-state index in [2.05, 4.69) is 24.3 Å². The first-order valence-electron chi connectivity index (χ1n) is 7.68. The average molecular weight is 330 g/mol. The molecular weight excluding hydrogens is 310 g/mol. The van der Waals surface area contributed by atoms with Gasteiger partial charge < -0.3 is 9.13 Å². The van der Waals surface area contributed by atoms with Crippen molar-refractivity contribution in [3.05, 3.63) is 70.8 Å². The zero-order valence-electron chi connectivity index (χ0n) is 12.9. The Hall–Kier alpha value is -1.10. The van der Waals surface area contributed by atoms with Gasteiger partial charge >= 0.3 is 0 Å². The van der Waals surface area contributed by atoms with Crippen LogP contribution in [-0.2, 0) is 21.5 Å². The molecule has 0 spiro atoms. The van der Waals surface area contributed by atoms with Crippen LogP contribution in [0.25, 0.3) is 0 Å². The molecule has 1 unspecified atom stereocenters. The Balaban J connectivity index is 1.94. The fourth-order valence-corrected chi connectivity index (χ4v) is 11.5. The second-order valence-electron chi connectivity index (χ2n) is 6.95. The lowest BCUT2D eigenvalue weighted by molar-refractivity contribution is 0.556. The first-order valence-corrected chi connectivity index (χ1v) is 12.5. The van der Waals surface area contributed by atoms with E-state index < -0.39 is 14.3 Å². The van der Waals surface area contributed by atoms with Gasteiger partial charge in [0.15, 0.2) is 0 Å². The Morgan fingerprint density at radius 3 is 1.50 bits per heavy atom. The molecule has 2 aliphatic rings. The van der Waals surface area contributed by atoms with Crippen molar-refractivity contribution in [1.82, 2.24) is 0 Å². The molecule has 2 aromatic carbocycles. The van der Waals surface area contributed by atoms with Crippen LogP contribution in [0.5, 0.6) is 0 Å². The van der Waals surface area contributed by atoms with E-state index in [1.165, 1.54) is 11.1 Å². The van der Waals surface area contributed by atoms with Crippen molar-refractivity contribution in [3.63, 3.8) is 0 Å². The highest BCUT2D eigenvalue weighted by molar-refractivity contribution is 7.67. The number of fused-ring (bicyclic) bond motifs is 2. The maximum absolute atomic E-state index is 13.4. The maximum atomic E-state index is 13.4. The van der Waals surface area contributed by atoms with Crippen LogP contribution in [0.15, 0.2) is 48.5 Å². The normalized spacial score (nSPS) is 36.1. The standard InChI is InChI=1S/C18H20O2P2/c1-21(19)11-13-7-3-5-9-15(13)17(21)18-16-10-6-4-8-14(16)12-22(18,2)20/h3-10,17-18H,11-12H2,1-2H3/t17-,18-,21-,22?/m1/s1. The molecule has 0 radical (unpaired) electrons. The molecule has 114 valence electrons. The van der Waals surface area contributed by atoms with E-state index in [1.807, 2.05) is 37.6 Å². The first-order chi connectivity index (χ1) is 10.4. The molecule has 0 saturated heterocycles. The highest BCUT2D eigenvalue weighted by Crippen LogP contribution is 2.79. The summed E-state index contributed by atoms with van der Waals surface area (Å²) < 4.78 is 26.7. The molecule has 0 fully saturated rings. The number of hydrogen-bond acceptors (Lipinski definition) is 2. The van der Waals surface area contributed by atoms with Gasteiger partial charge in [-0.05, 0) is 35.6 Å². The average Bonchev–Trinajstić information content (AvgIpc) is 2.86. The lowest BCUT2D eigenvalue weighted by Gasteiger charge is -2.28. The molecule has 2 heterocycles. The van der Waals surface area contributed by atoms with Gasteiger partial charge in [-0.25, -0.2) is 0 Å². The second-order valence-corrected chi connectivity index (χ2v) is 13.4. The summed E-state index contributed by atoms with van der Waals surface area (Å²) in [7, 11) is -4.78. The molecule has 4 heteroatoms. The van der Waals surface area contributed by atoms with Gasteiger partial charge in [-0.15, -0.1) is 0 Å². The lowest BCUT2D eigenvalue weighted by Crippen LogP contribution is -2.06. The van der Waals surface area contributed by atoms with Crippen molar-refractivity contribution < 1.29 is 9.13 Å². The molecule has 0 bridgehead atoms. The zero-order chi connectivity index (χ0) is 15.5. The molecule has 2 nitrogen and oxygen atoms in total. The predicted molar refractivity (Wildman–Crippen MR) is 92.8 cm³/mol. The highest BCUT2D eigenvalue weighted by Gasteiger charge is 2.51. The molecule has 0 aliphatic carbocycles. The van der Waals surface area contributed by atoms with Crippen molar-refractivity contribution in [3.8, 4) is 0 Å². The molecular formula is C18H20O2P2. The van der Waals surface area contributed by atoms with E-state index in [1.54, 1.807) is 0 Å². The minimum absolute atomic E-state index is 0.0804. The molecule has 0 aromatic heterocycles. The van der Waals surface area contributed by atoms with Gasteiger partial charge in [0.1, 0.15) is 0 Å². The summed E-state index contributed by atoms with van der Waals surface area (Å²) in [6.45, 7) is 3.80. The topological polar surface area (TPSA) is 34.1 Å². The molecule has 0 N–H and O–H groups in total. The third-order valence-corrected chi connectivity index (χ3v) is 10.9. The number of hydrogen-bond donors (Lipinski definition) is 0. The van der Waals surface area contributed by atoms with Crippen molar-refractivity contribution in [1.29, 1.82) is 0 Å². The molecule has 4 atom stereocenters. The minimum atomic E-state index is -2.39. The Labute approximate surface area is 131 Å². The summed E-state index contributed by atoms with van der Waals surface area (Å²) in [6, 6.07) is 16.4. The summed E-state index contributed by atoms with van der Waals surface area (Å²) in [5, 5.41) is 0. The van der Waals surface area contributed by atoms with E-state index >= 15 is 0 Å². The van der Waals surface area contributed by atoms with E-state index in [0.717, 1.165) is 11.1 Å². The van der Waals surface area contributed by atoms with E-state index in [-0.39, 0.29) is 11.3 Å². The third-order valence-electron chi connectivity index (χ3n) is 5.19. The van der Waals surface area contributed by atoms with Crippen LogP contribution in [0.4, 0.5) is 0 Å². The summed E-state index contributed by atoms with van der Waals surface area (Å²) >= 11 is 0. The predicted octanol–water partition coefficient (Wildman–Crippen LogP) is 5.48.